The van der Waals surface area contributed by atoms with Gasteiger partial charge in [0.2, 0.25) is 5.91 Å². The summed E-state index contributed by atoms with van der Waals surface area (Å²) in [4.78, 5) is 36.8. The smallest absolute Gasteiger partial charge is 0.279 e. The van der Waals surface area contributed by atoms with E-state index in [1.807, 2.05) is 0 Å². The van der Waals surface area contributed by atoms with Crippen LogP contribution in [0.25, 0.3) is 0 Å². The molecule has 2 fully saturated rings. The maximum Gasteiger partial charge on any atom is 0.279 e. The van der Waals surface area contributed by atoms with Gasteiger partial charge in [0.25, 0.3) is 5.91 Å². The fourth-order valence-corrected chi connectivity index (χ4v) is 3.59. The Kier molecular flexibility index (Phi) is 5.03. The normalized spacial score (nSPS) is 21.3. The first-order chi connectivity index (χ1) is 12.7. The predicted octanol–water partition coefficient (Wildman–Crippen LogP) is 1.43. The summed E-state index contributed by atoms with van der Waals surface area (Å²) in [6.07, 6.45) is 5.33. The molecule has 0 atom stereocenters. The number of hydrogen-bond acceptors (Lipinski definition) is 6. The van der Waals surface area contributed by atoms with Crippen molar-refractivity contribution < 1.29 is 19.2 Å². The van der Waals surface area contributed by atoms with Gasteiger partial charge in [-0.2, -0.15) is 0 Å². The number of anilines is 2. The second-order valence-corrected chi connectivity index (χ2v) is 6.95. The van der Waals surface area contributed by atoms with Crippen molar-refractivity contribution in [2.45, 2.75) is 25.7 Å². The number of hydrogen-bond donors (Lipinski definition) is 1. The molecule has 0 spiro atoms. The standard InChI is InChI=1S/C18H24N4O4/c23-16-11-20-17-15(21(16)12-13-3-7-25-8-4-13)9-14(10-19-17)18(24)22-5-1-2-6-26-22/h9-10,13H,1-8,11-12H2,(H,19,20). The van der Waals surface area contributed by atoms with Crippen LogP contribution in [0.1, 0.15) is 36.0 Å². The Labute approximate surface area is 152 Å². The summed E-state index contributed by atoms with van der Waals surface area (Å²) < 4.78 is 5.41. The van der Waals surface area contributed by atoms with Gasteiger partial charge in [0.1, 0.15) is 5.82 Å². The molecule has 0 saturated carbocycles. The number of carbonyl (C=O) groups is 2. The van der Waals surface area contributed by atoms with Crippen molar-refractivity contribution in [2.75, 3.05) is 49.7 Å². The number of rotatable bonds is 3. The summed E-state index contributed by atoms with van der Waals surface area (Å²) in [5.41, 5.74) is 1.12. The Balaban J connectivity index is 1.57. The molecular formula is C18H24N4O4. The number of nitrogens with zero attached hydrogens (tertiary/aromatic N) is 3. The van der Waals surface area contributed by atoms with Crippen molar-refractivity contribution in [3.63, 3.8) is 0 Å². The molecule has 0 aromatic carbocycles. The van der Waals surface area contributed by atoms with Crippen LogP contribution in [-0.2, 0) is 14.4 Å². The van der Waals surface area contributed by atoms with Crippen molar-refractivity contribution in [1.82, 2.24) is 10.0 Å². The van der Waals surface area contributed by atoms with Gasteiger partial charge in [0, 0.05) is 32.5 Å². The summed E-state index contributed by atoms with van der Waals surface area (Å²) in [5, 5.41) is 4.44. The third-order valence-corrected chi connectivity index (χ3v) is 5.12. The largest absolute Gasteiger partial charge is 0.381 e. The van der Waals surface area contributed by atoms with Gasteiger partial charge in [0.05, 0.1) is 24.4 Å². The number of amides is 2. The third kappa shape index (κ3) is 3.52. The van der Waals surface area contributed by atoms with E-state index in [0.717, 1.165) is 38.9 Å². The van der Waals surface area contributed by atoms with Gasteiger partial charge >= 0.3 is 0 Å². The molecular weight excluding hydrogens is 336 g/mol. The molecule has 26 heavy (non-hydrogen) atoms. The van der Waals surface area contributed by atoms with E-state index in [1.165, 1.54) is 5.06 Å². The number of carbonyl (C=O) groups excluding carboxylic acids is 2. The average Bonchev–Trinajstić information content (AvgIpc) is 2.71. The van der Waals surface area contributed by atoms with Crippen LogP contribution in [0.4, 0.5) is 11.5 Å². The fourth-order valence-electron chi connectivity index (χ4n) is 3.59. The zero-order valence-electron chi connectivity index (χ0n) is 14.8. The van der Waals surface area contributed by atoms with Crippen LogP contribution >= 0.6 is 0 Å². The first-order valence-corrected chi connectivity index (χ1v) is 9.29. The fraction of sp³-hybridized carbons (Fsp3) is 0.611. The van der Waals surface area contributed by atoms with Crippen LogP contribution in [0, 0.1) is 5.92 Å². The molecule has 1 aromatic heterocycles. The molecule has 2 saturated heterocycles. The molecule has 140 valence electrons. The zero-order chi connectivity index (χ0) is 17.9. The Hall–Kier alpha value is -2.19. The van der Waals surface area contributed by atoms with Gasteiger partial charge in [-0.25, -0.2) is 10.0 Å². The summed E-state index contributed by atoms with van der Waals surface area (Å²) >= 11 is 0. The monoisotopic (exact) mass is 360 g/mol. The number of nitrogens with one attached hydrogen (secondary N) is 1. The first kappa shape index (κ1) is 17.2. The van der Waals surface area contributed by atoms with E-state index in [0.29, 0.717) is 42.7 Å². The Morgan fingerprint density at radius 1 is 1.27 bits per heavy atom. The molecule has 3 aliphatic rings. The lowest BCUT2D eigenvalue weighted by Gasteiger charge is -2.34. The maximum atomic E-state index is 12.7. The van der Waals surface area contributed by atoms with Crippen molar-refractivity contribution in [3.8, 4) is 0 Å². The Morgan fingerprint density at radius 2 is 2.12 bits per heavy atom. The zero-order valence-corrected chi connectivity index (χ0v) is 14.8. The summed E-state index contributed by atoms with van der Waals surface area (Å²) in [6.45, 7) is 3.48. The molecule has 1 N–H and O–H groups in total. The molecule has 0 radical (unpaired) electrons. The first-order valence-electron chi connectivity index (χ1n) is 9.29. The van der Waals surface area contributed by atoms with E-state index in [-0.39, 0.29) is 18.4 Å². The van der Waals surface area contributed by atoms with Gasteiger partial charge in [0.15, 0.2) is 0 Å². The van der Waals surface area contributed by atoms with E-state index in [9.17, 15) is 9.59 Å². The van der Waals surface area contributed by atoms with Crippen molar-refractivity contribution >= 4 is 23.3 Å². The molecule has 8 heteroatoms. The van der Waals surface area contributed by atoms with E-state index in [4.69, 9.17) is 9.57 Å². The molecule has 4 rings (SSSR count). The number of ether oxygens (including phenoxy) is 1. The van der Waals surface area contributed by atoms with Gasteiger partial charge in [-0.05, 0) is 37.7 Å². The van der Waals surface area contributed by atoms with Crippen LogP contribution < -0.4 is 10.2 Å². The van der Waals surface area contributed by atoms with Gasteiger partial charge < -0.3 is 15.0 Å². The van der Waals surface area contributed by atoms with Crippen molar-refractivity contribution in [1.29, 1.82) is 0 Å². The highest BCUT2D eigenvalue weighted by Gasteiger charge is 2.30. The van der Waals surface area contributed by atoms with E-state index in [2.05, 4.69) is 10.3 Å². The number of aromatic nitrogens is 1. The van der Waals surface area contributed by atoms with Crippen molar-refractivity contribution in [3.05, 3.63) is 17.8 Å². The quantitative estimate of drug-likeness (QED) is 0.878. The lowest BCUT2D eigenvalue weighted by Crippen LogP contribution is -2.44. The molecule has 8 nitrogen and oxygen atoms in total. The molecule has 2 amide bonds. The second kappa shape index (κ2) is 7.59. The number of hydroxylamine groups is 2. The SMILES string of the molecule is O=C(c1cnc2c(c1)N(CC1CCOCC1)C(=O)CN2)N1CCCCO1. The maximum absolute atomic E-state index is 12.7. The summed E-state index contributed by atoms with van der Waals surface area (Å²) in [5.74, 6) is 0.852. The summed E-state index contributed by atoms with van der Waals surface area (Å²) in [7, 11) is 0. The van der Waals surface area contributed by atoms with Crippen LogP contribution in [0.5, 0.6) is 0 Å². The number of pyridine rings is 1. The minimum Gasteiger partial charge on any atom is -0.381 e. The lowest BCUT2D eigenvalue weighted by molar-refractivity contribution is -0.144. The minimum absolute atomic E-state index is 0.00427. The van der Waals surface area contributed by atoms with Crippen LogP contribution in [-0.4, -0.2) is 61.3 Å². The molecule has 0 bridgehead atoms. The molecule has 0 unspecified atom stereocenters. The predicted molar refractivity (Wildman–Crippen MR) is 94.8 cm³/mol. The van der Waals surface area contributed by atoms with Crippen LogP contribution in [0.15, 0.2) is 12.3 Å². The van der Waals surface area contributed by atoms with E-state index in [1.54, 1.807) is 17.2 Å². The molecule has 3 aliphatic heterocycles. The number of fused-ring (bicyclic) bond motifs is 1. The minimum atomic E-state index is -0.205. The van der Waals surface area contributed by atoms with Crippen molar-refractivity contribution in [2.24, 2.45) is 5.92 Å². The summed E-state index contributed by atoms with van der Waals surface area (Å²) in [6, 6.07) is 1.76. The van der Waals surface area contributed by atoms with Gasteiger partial charge in [-0.3, -0.25) is 14.4 Å². The highest BCUT2D eigenvalue weighted by atomic mass is 16.7. The highest BCUT2D eigenvalue weighted by Crippen LogP contribution is 2.31. The highest BCUT2D eigenvalue weighted by molar-refractivity contribution is 6.04. The second-order valence-electron chi connectivity index (χ2n) is 6.95. The lowest BCUT2D eigenvalue weighted by atomic mass is 9.99. The van der Waals surface area contributed by atoms with Crippen LogP contribution in [0.3, 0.4) is 0 Å². The average molecular weight is 360 g/mol. The Morgan fingerprint density at radius 3 is 2.88 bits per heavy atom. The van der Waals surface area contributed by atoms with Gasteiger partial charge in [-0.1, -0.05) is 0 Å². The van der Waals surface area contributed by atoms with Crippen LogP contribution in [0.2, 0.25) is 0 Å². The van der Waals surface area contributed by atoms with E-state index >= 15 is 0 Å². The molecule has 0 aliphatic carbocycles. The third-order valence-electron chi connectivity index (χ3n) is 5.12. The molecule has 4 heterocycles. The molecule has 1 aromatic rings. The topological polar surface area (TPSA) is 84.0 Å². The van der Waals surface area contributed by atoms with Gasteiger partial charge in [-0.15, -0.1) is 0 Å². The van der Waals surface area contributed by atoms with E-state index < -0.39 is 0 Å². The Bertz CT molecular complexity index is 684.